The molecule has 0 N–H and O–H groups in total. The van der Waals surface area contributed by atoms with Gasteiger partial charge in [0.15, 0.2) is 0 Å². The molecular formula is C16H21NO. The first-order chi connectivity index (χ1) is 8.75. The lowest BCUT2D eigenvalue weighted by atomic mass is 9.89. The zero-order valence-corrected chi connectivity index (χ0v) is 11.1. The molecule has 1 fully saturated rings. The second kappa shape index (κ2) is 4.75. The van der Waals surface area contributed by atoms with E-state index in [1.807, 2.05) is 0 Å². The fraction of sp³-hybridized carbons (Fsp3) is 0.562. The lowest BCUT2D eigenvalue weighted by Gasteiger charge is -2.34. The van der Waals surface area contributed by atoms with Crippen LogP contribution < -0.4 is 4.90 Å². The standard InChI is InChI=1S/C16H21NO/c1-12-11-17(10-9-16(12)18)15-8-4-6-13-5-2-3-7-14(13)15/h4,6,8,12H,2-3,5,7,9-11H2,1H3. The van der Waals surface area contributed by atoms with Gasteiger partial charge in [-0.3, -0.25) is 4.79 Å². The van der Waals surface area contributed by atoms with Crippen molar-refractivity contribution in [1.82, 2.24) is 0 Å². The summed E-state index contributed by atoms with van der Waals surface area (Å²) < 4.78 is 0. The molecule has 1 aromatic carbocycles. The van der Waals surface area contributed by atoms with Gasteiger partial charge in [0.2, 0.25) is 0 Å². The molecule has 2 aliphatic rings. The molecule has 1 aromatic rings. The van der Waals surface area contributed by atoms with Crippen molar-refractivity contribution < 1.29 is 4.79 Å². The van der Waals surface area contributed by atoms with Gasteiger partial charge in [0.1, 0.15) is 5.78 Å². The summed E-state index contributed by atoms with van der Waals surface area (Å²) in [5, 5.41) is 0. The Bertz CT molecular complexity index is 466. The molecule has 2 heteroatoms. The number of ketones is 1. The van der Waals surface area contributed by atoms with E-state index in [0.29, 0.717) is 12.2 Å². The van der Waals surface area contributed by atoms with Gasteiger partial charge in [-0.25, -0.2) is 0 Å². The van der Waals surface area contributed by atoms with Crippen molar-refractivity contribution in [1.29, 1.82) is 0 Å². The number of carbonyl (C=O) groups is 1. The zero-order valence-electron chi connectivity index (χ0n) is 11.1. The first-order valence-corrected chi connectivity index (χ1v) is 7.14. The average Bonchev–Trinajstić information content (AvgIpc) is 2.41. The molecule has 1 aliphatic carbocycles. The van der Waals surface area contributed by atoms with Crippen LogP contribution in [0.1, 0.15) is 37.3 Å². The molecule has 0 spiro atoms. The van der Waals surface area contributed by atoms with Crippen LogP contribution in [0.3, 0.4) is 0 Å². The van der Waals surface area contributed by atoms with Crippen molar-refractivity contribution in [3.8, 4) is 0 Å². The van der Waals surface area contributed by atoms with Crippen molar-refractivity contribution >= 4 is 11.5 Å². The highest BCUT2D eigenvalue weighted by molar-refractivity contribution is 5.83. The number of piperidine rings is 1. The van der Waals surface area contributed by atoms with E-state index in [1.165, 1.54) is 36.9 Å². The summed E-state index contributed by atoms with van der Waals surface area (Å²) >= 11 is 0. The molecule has 18 heavy (non-hydrogen) atoms. The molecular weight excluding hydrogens is 222 g/mol. The molecule has 1 unspecified atom stereocenters. The lowest BCUT2D eigenvalue weighted by Crippen LogP contribution is -2.40. The van der Waals surface area contributed by atoms with E-state index in [2.05, 4.69) is 30.0 Å². The van der Waals surface area contributed by atoms with Gasteiger partial charge in [0, 0.05) is 31.1 Å². The van der Waals surface area contributed by atoms with E-state index in [9.17, 15) is 4.79 Å². The van der Waals surface area contributed by atoms with E-state index < -0.39 is 0 Å². The van der Waals surface area contributed by atoms with Crippen molar-refractivity contribution in [3.63, 3.8) is 0 Å². The number of aryl methyl sites for hydroxylation is 1. The maximum absolute atomic E-state index is 11.6. The summed E-state index contributed by atoms with van der Waals surface area (Å²) in [6.45, 7) is 3.86. The summed E-state index contributed by atoms with van der Waals surface area (Å²) in [5.74, 6) is 0.620. The van der Waals surface area contributed by atoms with E-state index >= 15 is 0 Å². The molecule has 0 saturated carbocycles. The predicted octanol–water partition coefficient (Wildman–Crippen LogP) is 2.98. The maximum Gasteiger partial charge on any atom is 0.139 e. The van der Waals surface area contributed by atoms with Gasteiger partial charge in [0.05, 0.1) is 0 Å². The Morgan fingerprint density at radius 3 is 2.83 bits per heavy atom. The third-order valence-corrected chi connectivity index (χ3v) is 4.38. The van der Waals surface area contributed by atoms with Gasteiger partial charge >= 0.3 is 0 Å². The van der Waals surface area contributed by atoms with Gasteiger partial charge in [-0.05, 0) is 42.9 Å². The van der Waals surface area contributed by atoms with Crippen LogP contribution in [0.5, 0.6) is 0 Å². The Morgan fingerprint density at radius 2 is 2.00 bits per heavy atom. The summed E-state index contributed by atoms with van der Waals surface area (Å²) in [6.07, 6.45) is 5.79. The molecule has 1 saturated heterocycles. The fourth-order valence-electron chi connectivity index (χ4n) is 3.29. The topological polar surface area (TPSA) is 20.3 Å². The Morgan fingerprint density at radius 1 is 1.17 bits per heavy atom. The molecule has 1 aliphatic heterocycles. The van der Waals surface area contributed by atoms with Gasteiger partial charge in [-0.15, -0.1) is 0 Å². The molecule has 96 valence electrons. The molecule has 3 rings (SSSR count). The number of fused-ring (bicyclic) bond motifs is 1. The summed E-state index contributed by atoms with van der Waals surface area (Å²) in [6, 6.07) is 6.70. The molecule has 0 amide bonds. The number of carbonyl (C=O) groups excluding carboxylic acids is 1. The lowest BCUT2D eigenvalue weighted by molar-refractivity contribution is -0.122. The molecule has 0 aromatic heterocycles. The van der Waals surface area contributed by atoms with Gasteiger partial charge < -0.3 is 4.90 Å². The van der Waals surface area contributed by atoms with Gasteiger partial charge in [-0.2, -0.15) is 0 Å². The summed E-state index contributed by atoms with van der Waals surface area (Å²) in [5.41, 5.74) is 4.47. The minimum atomic E-state index is 0.193. The van der Waals surface area contributed by atoms with Gasteiger partial charge in [-0.1, -0.05) is 19.1 Å². The van der Waals surface area contributed by atoms with Crippen LogP contribution in [-0.2, 0) is 17.6 Å². The van der Waals surface area contributed by atoms with Crippen LogP contribution in [0.2, 0.25) is 0 Å². The van der Waals surface area contributed by atoms with E-state index in [4.69, 9.17) is 0 Å². The van der Waals surface area contributed by atoms with Crippen LogP contribution in [0.4, 0.5) is 5.69 Å². The summed E-state index contributed by atoms with van der Waals surface area (Å²) in [4.78, 5) is 14.1. The quantitative estimate of drug-likeness (QED) is 0.755. The highest BCUT2D eigenvalue weighted by Crippen LogP contribution is 2.32. The minimum absolute atomic E-state index is 0.193. The van der Waals surface area contributed by atoms with Crippen LogP contribution in [0, 0.1) is 5.92 Å². The van der Waals surface area contributed by atoms with Crippen LogP contribution in [-0.4, -0.2) is 18.9 Å². The third kappa shape index (κ3) is 2.05. The maximum atomic E-state index is 11.6. The zero-order chi connectivity index (χ0) is 12.5. The number of benzene rings is 1. The van der Waals surface area contributed by atoms with E-state index in [-0.39, 0.29) is 5.92 Å². The van der Waals surface area contributed by atoms with E-state index in [0.717, 1.165) is 13.1 Å². The largest absolute Gasteiger partial charge is 0.370 e. The predicted molar refractivity (Wildman–Crippen MR) is 74.1 cm³/mol. The molecule has 1 heterocycles. The molecule has 0 bridgehead atoms. The molecule has 1 atom stereocenters. The second-order valence-electron chi connectivity index (χ2n) is 5.69. The number of Topliss-reactive ketones (excluding diaryl/α,β-unsaturated/α-hetero) is 1. The normalized spacial score (nSPS) is 23.9. The summed E-state index contributed by atoms with van der Waals surface area (Å²) in [7, 11) is 0. The third-order valence-electron chi connectivity index (χ3n) is 4.38. The Labute approximate surface area is 109 Å². The fourth-order valence-corrected chi connectivity index (χ4v) is 3.29. The SMILES string of the molecule is CC1CN(c2cccc3c2CCCC3)CCC1=O. The highest BCUT2D eigenvalue weighted by Gasteiger charge is 2.25. The first kappa shape index (κ1) is 11.8. The van der Waals surface area contributed by atoms with Crippen molar-refractivity contribution in [2.75, 3.05) is 18.0 Å². The first-order valence-electron chi connectivity index (χ1n) is 7.14. The van der Waals surface area contributed by atoms with Crippen molar-refractivity contribution in [2.24, 2.45) is 5.92 Å². The van der Waals surface area contributed by atoms with Gasteiger partial charge in [0.25, 0.3) is 0 Å². The number of anilines is 1. The van der Waals surface area contributed by atoms with Crippen molar-refractivity contribution in [3.05, 3.63) is 29.3 Å². The number of hydrogen-bond acceptors (Lipinski definition) is 2. The number of nitrogens with zero attached hydrogens (tertiary/aromatic N) is 1. The minimum Gasteiger partial charge on any atom is -0.370 e. The number of rotatable bonds is 1. The average molecular weight is 243 g/mol. The van der Waals surface area contributed by atoms with Crippen LogP contribution in [0.15, 0.2) is 18.2 Å². The number of hydrogen-bond donors (Lipinski definition) is 0. The highest BCUT2D eigenvalue weighted by atomic mass is 16.1. The monoisotopic (exact) mass is 243 g/mol. The molecule has 2 nitrogen and oxygen atoms in total. The second-order valence-corrected chi connectivity index (χ2v) is 5.69. The Balaban J connectivity index is 1.90. The van der Waals surface area contributed by atoms with Crippen molar-refractivity contribution in [2.45, 2.75) is 39.0 Å². The smallest absolute Gasteiger partial charge is 0.139 e. The Hall–Kier alpha value is -1.31. The van der Waals surface area contributed by atoms with Crippen LogP contribution in [0.25, 0.3) is 0 Å². The van der Waals surface area contributed by atoms with Crippen LogP contribution >= 0.6 is 0 Å². The molecule has 0 radical (unpaired) electrons. The van der Waals surface area contributed by atoms with E-state index in [1.54, 1.807) is 5.56 Å². The Kier molecular flexibility index (Phi) is 3.11.